The maximum absolute atomic E-state index is 9.21. The van der Waals surface area contributed by atoms with E-state index in [1.54, 1.807) is 0 Å². The Labute approximate surface area is 108 Å². The zero-order valence-corrected chi connectivity index (χ0v) is 10.9. The Hall–Kier alpha value is -1.57. The molecule has 1 N–H and O–H groups in total. The van der Waals surface area contributed by atoms with E-state index >= 15 is 0 Å². The van der Waals surface area contributed by atoms with Crippen molar-refractivity contribution in [3.63, 3.8) is 0 Å². The van der Waals surface area contributed by atoms with Gasteiger partial charge < -0.3 is 10.1 Å². The van der Waals surface area contributed by atoms with Crippen molar-refractivity contribution in [2.45, 2.75) is 19.0 Å². The van der Waals surface area contributed by atoms with Crippen LogP contribution in [0.1, 0.15) is 12.5 Å². The quantitative estimate of drug-likeness (QED) is 0.874. The maximum atomic E-state index is 9.21. The zero-order chi connectivity index (χ0) is 13.0. The second-order valence-electron chi connectivity index (χ2n) is 4.86. The Balaban J connectivity index is 2.11. The van der Waals surface area contributed by atoms with Crippen LogP contribution >= 0.6 is 0 Å². The molecular formula is C14H19N3O. The van der Waals surface area contributed by atoms with E-state index in [1.807, 2.05) is 32.2 Å². The van der Waals surface area contributed by atoms with Crippen LogP contribution in [0, 0.1) is 11.3 Å². The van der Waals surface area contributed by atoms with Crippen molar-refractivity contribution >= 4 is 0 Å². The zero-order valence-electron chi connectivity index (χ0n) is 10.9. The van der Waals surface area contributed by atoms with Crippen molar-refractivity contribution in [1.29, 1.82) is 5.26 Å². The molecule has 1 aliphatic heterocycles. The monoisotopic (exact) mass is 245 g/mol. The number of rotatable bonds is 3. The minimum absolute atomic E-state index is 0.515. The first-order chi connectivity index (χ1) is 8.67. The molecule has 1 aromatic rings. The van der Waals surface area contributed by atoms with Gasteiger partial charge in [0.15, 0.2) is 0 Å². The molecule has 0 aliphatic carbocycles. The largest absolute Gasteiger partial charge is 0.492 e. The topological polar surface area (TPSA) is 48.3 Å². The molecule has 0 fully saturated rings. The summed E-state index contributed by atoms with van der Waals surface area (Å²) >= 11 is 0. The van der Waals surface area contributed by atoms with Gasteiger partial charge in [-0.1, -0.05) is 18.2 Å². The van der Waals surface area contributed by atoms with Crippen molar-refractivity contribution in [2.24, 2.45) is 0 Å². The van der Waals surface area contributed by atoms with Gasteiger partial charge in [-0.15, -0.1) is 0 Å². The standard InChI is InChI=1S/C14H19N3O/c1-14(10-15,16-2)11-17-7-8-18-13-6-4-3-5-12(13)9-17/h3-6,16H,7-9,11H2,1-2H3. The van der Waals surface area contributed by atoms with E-state index in [0.29, 0.717) is 13.2 Å². The smallest absolute Gasteiger partial charge is 0.123 e. The van der Waals surface area contributed by atoms with Crippen LogP contribution < -0.4 is 10.1 Å². The van der Waals surface area contributed by atoms with E-state index in [2.05, 4.69) is 22.4 Å². The second-order valence-corrected chi connectivity index (χ2v) is 4.86. The minimum atomic E-state index is -0.515. The Bertz CT molecular complexity index is 455. The fourth-order valence-corrected chi connectivity index (χ4v) is 2.13. The lowest BCUT2D eigenvalue weighted by atomic mass is 10.0. The van der Waals surface area contributed by atoms with Crippen molar-refractivity contribution in [3.8, 4) is 11.8 Å². The minimum Gasteiger partial charge on any atom is -0.492 e. The molecule has 0 saturated heterocycles. The van der Waals surface area contributed by atoms with E-state index in [4.69, 9.17) is 4.74 Å². The molecule has 0 spiro atoms. The summed E-state index contributed by atoms with van der Waals surface area (Å²) in [6.07, 6.45) is 0. The SMILES string of the molecule is CNC(C)(C#N)CN1CCOc2ccccc2C1. The predicted octanol–water partition coefficient (Wildman–Crippen LogP) is 1.38. The van der Waals surface area contributed by atoms with Crippen molar-refractivity contribution in [2.75, 3.05) is 26.7 Å². The van der Waals surface area contributed by atoms with Crippen LogP contribution in [0.4, 0.5) is 0 Å². The number of ether oxygens (including phenoxy) is 1. The van der Waals surface area contributed by atoms with E-state index in [1.165, 1.54) is 5.56 Å². The Morgan fingerprint density at radius 1 is 1.50 bits per heavy atom. The number of para-hydroxylation sites is 1. The molecule has 0 amide bonds. The molecule has 4 heteroatoms. The molecule has 1 unspecified atom stereocenters. The van der Waals surface area contributed by atoms with Gasteiger partial charge in [-0.25, -0.2) is 0 Å². The summed E-state index contributed by atoms with van der Waals surface area (Å²) in [7, 11) is 1.82. The van der Waals surface area contributed by atoms with Gasteiger partial charge >= 0.3 is 0 Å². The van der Waals surface area contributed by atoms with Crippen LogP contribution in [-0.2, 0) is 6.54 Å². The number of likely N-dealkylation sites (N-methyl/N-ethyl adjacent to an activating group) is 1. The van der Waals surface area contributed by atoms with Crippen LogP contribution in [0.15, 0.2) is 24.3 Å². The molecule has 0 aromatic heterocycles. The van der Waals surface area contributed by atoms with Gasteiger partial charge in [0, 0.05) is 25.2 Å². The third-order valence-corrected chi connectivity index (χ3v) is 3.37. The maximum Gasteiger partial charge on any atom is 0.123 e. The highest BCUT2D eigenvalue weighted by molar-refractivity contribution is 5.33. The summed E-state index contributed by atoms with van der Waals surface area (Å²) in [5.74, 6) is 0.961. The molecule has 0 bridgehead atoms. The summed E-state index contributed by atoms with van der Waals surface area (Å²) in [5.41, 5.74) is 0.672. The molecule has 2 rings (SSSR count). The number of nitrogens with one attached hydrogen (secondary N) is 1. The summed E-state index contributed by atoms with van der Waals surface area (Å²) in [5, 5.41) is 12.3. The number of benzene rings is 1. The molecule has 1 heterocycles. The van der Waals surface area contributed by atoms with Crippen molar-refractivity contribution in [3.05, 3.63) is 29.8 Å². The summed E-state index contributed by atoms with van der Waals surface area (Å²) in [4.78, 5) is 2.26. The summed E-state index contributed by atoms with van der Waals surface area (Å²) in [6, 6.07) is 10.4. The molecular weight excluding hydrogens is 226 g/mol. The van der Waals surface area contributed by atoms with E-state index in [-0.39, 0.29) is 0 Å². The number of nitriles is 1. The van der Waals surface area contributed by atoms with Gasteiger partial charge in [-0.3, -0.25) is 4.90 Å². The van der Waals surface area contributed by atoms with Crippen molar-refractivity contribution in [1.82, 2.24) is 10.2 Å². The average Bonchev–Trinajstić information content (AvgIpc) is 2.60. The van der Waals surface area contributed by atoms with E-state index in [9.17, 15) is 5.26 Å². The Morgan fingerprint density at radius 3 is 3.00 bits per heavy atom. The first-order valence-corrected chi connectivity index (χ1v) is 6.20. The second kappa shape index (κ2) is 5.38. The van der Waals surface area contributed by atoms with Crippen molar-refractivity contribution < 1.29 is 4.74 Å². The molecule has 0 radical (unpaired) electrons. The van der Waals surface area contributed by atoms with Gasteiger partial charge in [0.2, 0.25) is 0 Å². The average molecular weight is 245 g/mol. The highest BCUT2D eigenvalue weighted by Gasteiger charge is 2.26. The highest BCUT2D eigenvalue weighted by atomic mass is 16.5. The molecule has 96 valence electrons. The number of hydrogen-bond donors (Lipinski definition) is 1. The Morgan fingerprint density at radius 2 is 2.28 bits per heavy atom. The lowest BCUT2D eigenvalue weighted by Gasteiger charge is -2.28. The fraction of sp³-hybridized carbons (Fsp3) is 0.500. The first-order valence-electron chi connectivity index (χ1n) is 6.20. The van der Waals surface area contributed by atoms with Gasteiger partial charge in [0.1, 0.15) is 17.9 Å². The van der Waals surface area contributed by atoms with Gasteiger partial charge in [0.25, 0.3) is 0 Å². The van der Waals surface area contributed by atoms with E-state index in [0.717, 1.165) is 18.8 Å². The summed E-state index contributed by atoms with van der Waals surface area (Å²) < 4.78 is 5.72. The molecule has 1 atom stereocenters. The summed E-state index contributed by atoms with van der Waals surface area (Å²) in [6.45, 7) is 4.95. The third-order valence-electron chi connectivity index (χ3n) is 3.37. The van der Waals surface area contributed by atoms with Gasteiger partial charge in [-0.2, -0.15) is 5.26 Å². The van der Waals surface area contributed by atoms with Crippen LogP contribution in [-0.4, -0.2) is 37.2 Å². The Kier molecular flexibility index (Phi) is 3.85. The van der Waals surface area contributed by atoms with Crippen LogP contribution in [0.25, 0.3) is 0 Å². The molecule has 1 aromatic carbocycles. The highest BCUT2D eigenvalue weighted by Crippen LogP contribution is 2.23. The third kappa shape index (κ3) is 2.81. The van der Waals surface area contributed by atoms with E-state index < -0.39 is 5.54 Å². The number of nitrogens with zero attached hydrogens (tertiary/aromatic N) is 2. The van der Waals surface area contributed by atoms with Crippen LogP contribution in [0.3, 0.4) is 0 Å². The predicted molar refractivity (Wildman–Crippen MR) is 70.3 cm³/mol. The number of fused-ring (bicyclic) bond motifs is 1. The normalized spacial score (nSPS) is 18.9. The lowest BCUT2D eigenvalue weighted by molar-refractivity contribution is 0.195. The molecule has 4 nitrogen and oxygen atoms in total. The van der Waals surface area contributed by atoms with Gasteiger partial charge in [0.05, 0.1) is 6.07 Å². The fourth-order valence-electron chi connectivity index (χ4n) is 2.13. The first kappa shape index (κ1) is 12.9. The van der Waals surface area contributed by atoms with Gasteiger partial charge in [-0.05, 0) is 20.0 Å². The molecule has 18 heavy (non-hydrogen) atoms. The molecule has 1 aliphatic rings. The molecule has 0 saturated carbocycles. The lowest BCUT2D eigenvalue weighted by Crippen LogP contribution is -2.49. The number of hydrogen-bond acceptors (Lipinski definition) is 4. The van der Waals surface area contributed by atoms with Crippen LogP contribution in [0.2, 0.25) is 0 Å². The van der Waals surface area contributed by atoms with Crippen LogP contribution in [0.5, 0.6) is 5.75 Å².